The molecular weight excluding hydrogens is 530 g/mol. The van der Waals surface area contributed by atoms with E-state index in [9.17, 15) is 9.59 Å². The summed E-state index contributed by atoms with van der Waals surface area (Å²) in [5.41, 5.74) is 2.86. The molecule has 2 aliphatic rings. The van der Waals surface area contributed by atoms with Gasteiger partial charge in [-0.1, -0.05) is 118 Å². The number of carbonyl (C=O) groups excluding carboxylic acids is 2. The van der Waals surface area contributed by atoms with Crippen molar-refractivity contribution in [3.8, 4) is 0 Å². The van der Waals surface area contributed by atoms with Crippen LogP contribution >= 0.6 is 0 Å². The second-order valence-corrected chi connectivity index (χ2v) is 11.7. The molecule has 3 aromatic carbocycles. The topological polar surface area (TPSA) is 45.6 Å². The summed E-state index contributed by atoms with van der Waals surface area (Å²) < 4.78 is 2.18. The fraction of sp³-hybridized carbons (Fsp3) is 0.316. The van der Waals surface area contributed by atoms with Gasteiger partial charge in [-0.3, -0.25) is 9.59 Å². The minimum absolute atomic E-state index is 0.0887. The Morgan fingerprint density at radius 2 is 1.44 bits per heavy atom. The summed E-state index contributed by atoms with van der Waals surface area (Å²) in [7, 11) is 0. The molecule has 0 radical (unpaired) electrons. The van der Waals surface area contributed by atoms with E-state index in [4.69, 9.17) is 0 Å². The maximum Gasteiger partial charge on any atom is 0.267 e. The fourth-order valence-corrected chi connectivity index (χ4v) is 6.60. The molecule has 1 aliphatic heterocycles. The molecule has 0 saturated carbocycles. The number of aryl methyl sites for hydroxylation is 1. The minimum atomic E-state index is -0.288. The van der Waals surface area contributed by atoms with Gasteiger partial charge in [-0.2, -0.15) is 0 Å². The first-order valence-corrected chi connectivity index (χ1v) is 15.9. The number of anilines is 1. The molecule has 0 N–H and O–H groups in total. The number of unbranched alkanes of at least 4 members (excludes halogenated alkanes) is 4. The summed E-state index contributed by atoms with van der Waals surface area (Å²) in [6.07, 6.45) is 19.0. The Morgan fingerprint density at radius 1 is 0.744 bits per heavy atom. The van der Waals surface area contributed by atoms with Crippen LogP contribution in [0.1, 0.15) is 62.7 Å². The molecular formula is C38H41N3O2. The Morgan fingerprint density at radius 3 is 2.26 bits per heavy atom. The van der Waals surface area contributed by atoms with Crippen molar-refractivity contribution >= 4 is 39.2 Å². The summed E-state index contributed by atoms with van der Waals surface area (Å²) in [6.45, 7) is 6.12. The number of amides is 2. The number of carbonyl (C=O) groups is 2. The third-order valence-corrected chi connectivity index (χ3v) is 8.85. The molecule has 5 nitrogen and oxygen atoms in total. The molecule has 1 aromatic heterocycles. The van der Waals surface area contributed by atoms with E-state index in [0.717, 1.165) is 73.3 Å². The predicted molar refractivity (Wildman–Crippen MR) is 177 cm³/mol. The molecule has 43 heavy (non-hydrogen) atoms. The fourth-order valence-electron chi connectivity index (χ4n) is 6.60. The quantitative estimate of drug-likeness (QED) is 0.134. The van der Waals surface area contributed by atoms with Crippen LogP contribution in [0.15, 0.2) is 109 Å². The molecule has 2 heterocycles. The Bertz CT molecular complexity index is 1720. The largest absolute Gasteiger partial charge is 0.370 e. The van der Waals surface area contributed by atoms with Crippen molar-refractivity contribution in [3.05, 3.63) is 115 Å². The Balaban J connectivity index is 1.46. The number of hydrogen-bond donors (Lipinski definition) is 0. The first-order chi connectivity index (χ1) is 21.1. The molecule has 6 rings (SSSR count). The van der Waals surface area contributed by atoms with Crippen molar-refractivity contribution < 1.29 is 9.59 Å². The molecule has 0 fully saturated rings. The first kappa shape index (κ1) is 28.7. The second-order valence-electron chi connectivity index (χ2n) is 11.7. The third-order valence-electron chi connectivity index (χ3n) is 8.85. The van der Waals surface area contributed by atoms with E-state index in [0.29, 0.717) is 16.8 Å². The highest BCUT2D eigenvalue weighted by molar-refractivity contribution is 6.30. The van der Waals surface area contributed by atoms with Gasteiger partial charge in [0.05, 0.1) is 17.3 Å². The number of allylic oxidation sites excluding steroid dienone is 2. The standard InChI is InChI=1S/C38H41N3O2/c1-3-5-13-24-39-26-32(30-19-9-11-21-34(30)39)37(42)41(36-23-15-17-28-16-7-8-18-29(28)36)38(43)33-27-40(25-14-6-4-2)35-22-12-10-20-31(33)35/h7-12,15-23,26-27,30,34H,3-6,13-14,24-25H2,1-2H3. The number of nitrogens with zero attached hydrogens (tertiary/aromatic N) is 3. The van der Waals surface area contributed by atoms with Gasteiger partial charge in [0, 0.05) is 53.3 Å². The number of fused-ring (bicyclic) bond motifs is 3. The number of para-hydroxylation sites is 1. The van der Waals surface area contributed by atoms with Gasteiger partial charge < -0.3 is 9.47 Å². The SMILES string of the molecule is CCCCCN1C=C(C(=O)N(C(=O)c2cn(CCCCC)c3ccccc23)c2cccc3ccccc23)C2C=CC=CC21. The van der Waals surface area contributed by atoms with Crippen LogP contribution in [-0.4, -0.2) is 33.9 Å². The van der Waals surface area contributed by atoms with Gasteiger partial charge in [0.25, 0.3) is 11.8 Å². The van der Waals surface area contributed by atoms with Gasteiger partial charge in [-0.25, -0.2) is 4.90 Å². The highest BCUT2D eigenvalue weighted by atomic mass is 16.2. The lowest BCUT2D eigenvalue weighted by atomic mass is 9.90. The van der Waals surface area contributed by atoms with Crippen molar-refractivity contribution in [1.29, 1.82) is 0 Å². The summed E-state index contributed by atoms with van der Waals surface area (Å²) >= 11 is 0. The molecule has 0 saturated heterocycles. The summed E-state index contributed by atoms with van der Waals surface area (Å²) in [5.74, 6) is -0.638. The van der Waals surface area contributed by atoms with Gasteiger partial charge in [-0.15, -0.1) is 0 Å². The number of imide groups is 1. The molecule has 2 unspecified atom stereocenters. The summed E-state index contributed by atoms with van der Waals surface area (Å²) in [5, 5.41) is 2.75. The molecule has 4 aromatic rings. The van der Waals surface area contributed by atoms with Crippen LogP contribution < -0.4 is 4.90 Å². The summed E-state index contributed by atoms with van der Waals surface area (Å²) in [4.78, 5) is 33.4. The van der Waals surface area contributed by atoms with Crippen molar-refractivity contribution in [3.63, 3.8) is 0 Å². The molecule has 1 aliphatic carbocycles. The highest BCUT2D eigenvalue weighted by Crippen LogP contribution is 2.37. The Kier molecular flexibility index (Phi) is 8.59. The van der Waals surface area contributed by atoms with Crippen LogP contribution in [0.5, 0.6) is 0 Å². The zero-order valence-corrected chi connectivity index (χ0v) is 25.3. The van der Waals surface area contributed by atoms with Gasteiger partial charge in [0.2, 0.25) is 0 Å². The van der Waals surface area contributed by atoms with Crippen LogP contribution in [0.3, 0.4) is 0 Å². The van der Waals surface area contributed by atoms with E-state index in [2.05, 4.69) is 47.6 Å². The molecule has 0 bridgehead atoms. The van der Waals surface area contributed by atoms with Crippen molar-refractivity contribution in [2.75, 3.05) is 11.4 Å². The second kappa shape index (κ2) is 12.9. The molecule has 2 atom stereocenters. The lowest BCUT2D eigenvalue weighted by Gasteiger charge is -2.28. The van der Waals surface area contributed by atoms with Gasteiger partial charge >= 0.3 is 0 Å². The maximum absolute atomic E-state index is 14.8. The molecule has 5 heteroatoms. The maximum atomic E-state index is 14.8. The van der Waals surface area contributed by atoms with Crippen molar-refractivity contribution in [1.82, 2.24) is 9.47 Å². The molecule has 0 spiro atoms. The van der Waals surface area contributed by atoms with Gasteiger partial charge in [0.15, 0.2) is 0 Å². The summed E-state index contributed by atoms with van der Waals surface area (Å²) in [6, 6.07) is 22.0. The van der Waals surface area contributed by atoms with Crippen LogP contribution in [0.4, 0.5) is 5.69 Å². The van der Waals surface area contributed by atoms with E-state index in [1.165, 1.54) is 4.90 Å². The average molecular weight is 572 g/mol. The minimum Gasteiger partial charge on any atom is -0.370 e. The molecule has 220 valence electrons. The third kappa shape index (κ3) is 5.56. The number of rotatable bonds is 11. The highest BCUT2D eigenvalue weighted by Gasteiger charge is 2.40. The first-order valence-electron chi connectivity index (χ1n) is 15.9. The van der Waals surface area contributed by atoms with Gasteiger partial charge in [0.1, 0.15) is 0 Å². The van der Waals surface area contributed by atoms with Crippen LogP contribution in [0, 0.1) is 5.92 Å². The zero-order valence-electron chi connectivity index (χ0n) is 25.3. The Labute approximate surface area is 254 Å². The average Bonchev–Trinajstić information content (AvgIpc) is 3.60. The van der Waals surface area contributed by atoms with E-state index >= 15 is 0 Å². The number of aromatic nitrogens is 1. The number of hydrogen-bond acceptors (Lipinski definition) is 3. The monoisotopic (exact) mass is 571 g/mol. The lowest BCUT2D eigenvalue weighted by Crippen LogP contribution is -2.40. The van der Waals surface area contributed by atoms with E-state index in [1.807, 2.05) is 79.1 Å². The predicted octanol–water partition coefficient (Wildman–Crippen LogP) is 8.66. The zero-order chi connectivity index (χ0) is 29.8. The normalized spacial score (nSPS) is 17.4. The lowest BCUT2D eigenvalue weighted by molar-refractivity contribution is -0.114. The van der Waals surface area contributed by atoms with E-state index < -0.39 is 0 Å². The smallest absolute Gasteiger partial charge is 0.267 e. The molecule has 2 amide bonds. The number of benzene rings is 3. The van der Waals surface area contributed by atoms with Crippen LogP contribution in [0.2, 0.25) is 0 Å². The van der Waals surface area contributed by atoms with Crippen molar-refractivity contribution in [2.24, 2.45) is 5.92 Å². The van der Waals surface area contributed by atoms with E-state index in [1.54, 1.807) is 0 Å². The Hall–Kier alpha value is -4.38. The van der Waals surface area contributed by atoms with Gasteiger partial charge in [-0.05, 0) is 30.4 Å². The van der Waals surface area contributed by atoms with Crippen LogP contribution in [0.25, 0.3) is 21.7 Å². The van der Waals surface area contributed by atoms with Crippen molar-refractivity contribution in [2.45, 2.75) is 65.0 Å². The van der Waals surface area contributed by atoms with Crippen LogP contribution in [-0.2, 0) is 11.3 Å². The van der Waals surface area contributed by atoms with E-state index in [-0.39, 0.29) is 23.8 Å².